The van der Waals surface area contributed by atoms with Gasteiger partial charge in [0.15, 0.2) is 0 Å². The van der Waals surface area contributed by atoms with Crippen LogP contribution >= 0.6 is 15.9 Å². The van der Waals surface area contributed by atoms with E-state index in [0.717, 1.165) is 6.07 Å². The summed E-state index contributed by atoms with van der Waals surface area (Å²) >= 11 is 2.08. The number of hydrogen-bond donors (Lipinski definition) is 0. The Morgan fingerprint density at radius 1 is 1.50 bits per heavy atom. The molecule has 1 aromatic rings. The Balaban J connectivity index is 2.89. The van der Waals surface area contributed by atoms with Crippen LogP contribution in [-0.2, 0) is 4.79 Å². The van der Waals surface area contributed by atoms with E-state index in [1.165, 1.54) is 24.3 Å². The molecule has 0 fully saturated rings. The Labute approximate surface area is 97.1 Å². The number of alkyl halides is 4. The van der Waals surface area contributed by atoms with Crippen LogP contribution in [0, 0.1) is 0 Å². The lowest BCUT2D eigenvalue weighted by Gasteiger charge is -2.17. The lowest BCUT2D eigenvalue weighted by molar-refractivity contribution is -0.195. The van der Waals surface area contributed by atoms with Gasteiger partial charge in [-0.2, -0.15) is 13.8 Å². The number of aliphatic imine (C=N–C) groups is 1. The van der Waals surface area contributed by atoms with Crippen molar-refractivity contribution in [3.8, 4) is 5.75 Å². The number of isocyanates is 1. The summed E-state index contributed by atoms with van der Waals surface area (Å²) in [7, 11) is 0. The third-order valence-corrected chi connectivity index (χ3v) is 2.03. The number of hydrogen-bond acceptors (Lipinski definition) is 3. The molecule has 0 heterocycles. The second-order valence-electron chi connectivity index (χ2n) is 2.67. The van der Waals surface area contributed by atoms with E-state index in [9.17, 15) is 18.0 Å². The van der Waals surface area contributed by atoms with Crippen LogP contribution in [0.2, 0.25) is 0 Å². The van der Waals surface area contributed by atoms with Crippen LogP contribution in [0.4, 0.5) is 18.9 Å². The third kappa shape index (κ3) is 3.36. The van der Waals surface area contributed by atoms with Gasteiger partial charge in [-0.05, 0) is 28.1 Å². The first-order valence-electron chi connectivity index (χ1n) is 3.98. The fourth-order valence-electron chi connectivity index (χ4n) is 0.871. The number of ether oxygens (including phenoxy) is 1. The van der Waals surface area contributed by atoms with Gasteiger partial charge in [-0.1, -0.05) is 6.07 Å². The topological polar surface area (TPSA) is 38.7 Å². The van der Waals surface area contributed by atoms with Gasteiger partial charge in [-0.3, -0.25) is 0 Å². The van der Waals surface area contributed by atoms with E-state index in [0.29, 0.717) is 0 Å². The van der Waals surface area contributed by atoms with E-state index < -0.39 is 11.2 Å². The standard InChI is InChI=1S/C9H5BrF3NO2/c10-8(11)9(12,13)16-7-3-1-2-6(4-7)14-5-15/h1-4,8H. The fourth-order valence-corrected chi connectivity index (χ4v) is 0.964. The fraction of sp³-hybridized carbons (Fsp3) is 0.222. The van der Waals surface area contributed by atoms with Crippen LogP contribution in [0.15, 0.2) is 29.3 Å². The number of benzene rings is 1. The van der Waals surface area contributed by atoms with Gasteiger partial charge in [0.2, 0.25) is 6.08 Å². The van der Waals surface area contributed by atoms with Gasteiger partial charge in [0.05, 0.1) is 5.69 Å². The highest BCUT2D eigenvalue weighted by Crippen LogP contribution is 2.31. The molecule has 0 spiro atoms. The molecule has 1 rings (SSSR count). The summed E-state index contributed by atoms with van der Waals surface area (Å²) < 4.78 is 42.1. The number of halogens is 4. The normalized spacial score (nSPS) is 12.8. The van der Waals surface area contributed by atoms with Crippen molar-refractivity contribution in [3.63, 3.8) is 0 Å². The van der Waals surface area contributed by atoms with E-state index in [-0.39, 0.29) is 11.4 Å². The second-order valence-corrected chi connectivity index (χ2v) is 3.47. The molecule has 1 aromatic carbocycles. The first-order chi connectivity index (χ1) is 7.45. The Bertz CT molecular complexity index is 419. The van der Waals surface area contributed by atoms with Gasteiger partial charge >= 0.3 is 6.11 Å². The van der Waals surface area contributed by atoms with Gasteiger partial charge < -0.3 is 4.74 Å². The first kappa shape index (κ1) is 12.7. The molecule has 0 aliphatic rings. The van der Waals surface area contributed by atoms with E-state index in [1.54, 1.807) is 0 Å². The molecule has 3 nitrogen and oxygen atoms in total. The van der Waals surface area contributed by atoms with Crippen LogP contribution in [0.25, 0.3) is 0 Å². The van der Waals surface area contributed by atoms with Gasteiger partial charge in [-0.25, -0.2) is 9.18 Å². The molecule has 0 aliphatic carbocycles. The zero-order valence-corrected chi connectivity index (χ0v) is 9.25. The Kier molecular flexibility index (Phi) is 4.09. The molecule has 0 amide bonds. The number of carbonyl (C=O) groups excluding carboxylic acids is 1. The zero-order valence-electron chi connectivity index (χ0n) is 7.66. The molecular weight excluding hydrogens is 291 g/mol. The third-order valence-electron chi connectivity index (χ3n) is 1.50. The Hall–Kier alpha value is -1.33. The van der Waals surface area contributed by atoms with Crippen LogP contribution in [-0.4, -0.2) is 17.3 Å². The van der Waals surface area contributed by atoms with Crippen molar-refractivity contribution >= 4 is 27.7 Å². The molecule has 0 aromatic heterocycles. The molecule has 7 heteroatoms. The molecule has 16 heavy (non-hydrogen) atoms. The first-order valence-corrected chi connectivity index (χ1v) is 4.90. The highest BCUT2D eigenvalue weighted by Gasteiger charge is 2.41. The summed E-state index contributed by atoms with van der Waals surface area (Å²) in [5.41, 5.74) is 0.0910. The Morgan fingerprint density at radius 2 is 2.19 bits per heavy atom. The van der Waals surface area contributed by atoms with Gasteiger partial charge in [0.1, 0.15) is 5.75 Å². The summed E-state index contributed by atoms with van der Waals surface area (Å²) in [6.07, 6.45) is -2.75. The smallest absolute Gasteiger partial charge is 0.430 e. The summed E-state index contributed by atoms with van der Waals surface area (Å²) in [5, 5.41) is -2.63. The minimum Gasteiger partial charge on any atom is -0.430 e. The van der Waals surface area contributed by atoms with Crippen LogP contribution in [0.5, 0.6) is 5.75 Å². The molecule has 1 unspecified atom stereocenters. The van der Waals surface area contributed by atoms with E-state index in [4.69, 9.17) is 0 Å². The van der Waals surface area contributed by atoms with Gasteiger partial charge in [0, 0.05) is 6.07 Å². The summed E-state index contributed by atoms with van der Waals surface area (Å²) in [6.45, 7) is 0. The van der Waals surface area contributed by atoms with Crippen LogP contribution in [0.3, 0.4) is 0 Å². The van der Waals surface area contributed by atoms with Gasteiger partial charge in [0.25, 0.3) is 5.08 Å². The predicted molar refractivity (Wildman–Crippen MR) is 53.6 cm³/mol. The van der Waals surface area contributed by atoms with Crippen molar-refractivity contribution in [2.45, 2.75) is 11.2 Å². The summed E-state index contributed by atoms with van der Waals surface area (Å²) in [4.78, 5) is 13.1. The Morgan fingerprint density at radius 3 is 2.75 bits per heavy atom. The lowest BCUT2D eigenvalue weighted by Crippen LogP contribution is -2.32. The van der Waals surface area contributed by atoms with Crippen molar-refractivity contribution in [2.24, 2.45) is 4.99 Å². The summed E-state index contributed by atoms with van der Waals surface area (Å²) in [6, 6.07) is 4.97. The van der Waals surface area contributed by atoms with Crippen LogP contribution < -0.4 is 4.74 Å². The average Bonchev–Trinajstić information content (AvgIpc) is 2.17. The molecule has 0 saturated carbocycles. The molecular formula is C9H5BrF3NO2. The lowest BCUT2D eigenvalue weighted by atomic mass is 10.3. The highest BCUT2D eigenvalue weighted by atomic mass is 79.9. The van der Waals surface area contributed by atoms with E-state index in [2.05, 4.69) is 25.7 Å². The molecule has 0 saturated heterocycles. The quantitative estimate of drug-likeness (QED) is 0.485. The van der Waals surface area contributed by atoms with E-state index in [1.807, 2.05) is 0 Å². The van der Waals surface area contributed by atoms with Crippen LogP contribution in [0.1, 0.15) is 0 Å². The van der Waals surface area contributed by atoms with Gasteiger partial charge in [-0.15, -0.1) is 0 Å². The second kappa shape index (κ2) is 5.14. The number of nitrogens with zero attached hydrogens (tertiary/aromatic N) is 1. The van der Waals surface area contributed by atoms with Crippen molar-refractivity contribution in [2.75, 3.05) is 0 Å². The maximum atomic E-state index is 12.8. The molecule has 0 radical (unpaired) electrons. The molecule has 0 aliphatic heterocycles. The zero-order chi connectivity index (χ0) is 12.2. The molecule has 0 bridgehead atoms. The SMILES string of the molecule is O=C=Nc1cccc(OC(F)(F)C(F)Br)c1. The monoisotopic (exact) mass is 295 g/mol. The largest absolute Gasteiger partial charge is 0.440 e. The average molecular weight is 296 g/mol. The minimum atomic E-state index is -4.00. The molecule has 86 valence electrons. The van der Waals surface area contributed by atoms with Crippen molar-refractivity contribution in [1.29, 1.82) is 0 Å². The molecule has 1 atom stereocenters. The predicted octanol–water partition coefficient (Wildman–Crippen LogP) is 3.32. The molecule has 0 N–H and O–H groups in total. The maximum Gasteiger partial charge on any atom is 0.440 e. The summed E-state index contributed by atoms with van der Waals surface area (Å²) in [5.74, 6) is -0.302. The minimum absolute atomic E-state index is 0.0910. The maximum absolute atomic E-state index is 12.8. The van der Waals surface area contributed by atoms with E-state index >= 15 is 0 Å². The highest BCUT2D eigenvalue weighted by molar-refractivity contribution is 9.09. The number of rotatable bonds is 4. The van der Waals surface area contributed by atoms with Crippen molar-refractivity contribution in [1.82, 2.24) is 0 Å². The van der Waals surface area contributed by atoms with Crippen molar-refractivity contribution < 1.29 is 22.7 Å². The van der Waals surface area contributed by atoms with Crippen molar-refractivity contribution in [3.05, 3.63) is 24.3 Å².